The first-order valence-electron chi connectivity index (χ1n) is 6.88. The molecule has 1 fully saturated rings. The van der Waals surface area contributed by atoms with Crippen molar-refractivity contribution in [1.29, 1.82) is 5.26 Å². The van der Waals surface area contributed by atoms with Crippen molar-refractivity contribution < 1.29 is 13.7 Å². The zero-order valence-corrected chi connectivity index (χ0v) is 11.5. The van der Waals surface area contributed by atoms with Gasteiger partial charge >= 0.3 is 0 Å². The van der Waals surface area contributed by atoms with Crippen molar-refractivity contribution in [2.24, 2.45) is 5.92 Å². The Morgan fingerprint density at radius 1 is 1.52 bits per heavy atom. The summed E-state index contributed by atoms with van der Waals surface area (Å²) >= 11 is 0. The van der Waals surface area contributed by atoms with Crippen LogP contribution in [0.4, 0.5) is 4.39 Å². The maximum atomic E-state index is 13.6. The predicted octanol–water partition coefficient (Wildman–Crippen LogP) is 3.23. The summed E-state index contributed by atoms with van der Waals surface area (Å²) in [4.78, 5) is 4.29. The molecule has 1 heterocycles. The molecule has 3 rings (SSSR count). The van der Waals surface area contributed by atoms with Crippen LogP contribution >= 0.6 is 0 Å². The Balaban J connectivity index is 1.95. The largest absolute Gasteiger partial charge is 0.370 e. The molecular formula is C15H14FN3O2. The third-order valence-electron chi connectivity index (χ3n) is 3.45. The van der Waals surface area contributed by atoms with Crippen LogP contribution in [0.1, 0.15) is 37.3 Å². The molecule has 1 atom stereocenters. The fourth-order valence-corrected chi connectivity index (χ4v) is 2.28. The molecule has 0 N–H and O–H groups in total. The van der Waals surface area contributed by atoms with Crippen molar-refractivity contribution in [3.63, 3.8) is 0 Å². The lowest BCUT2D eigenvalue weighted by Crippen LogP contribution is -2.08. The molecule has 0 aliphatic heterocycles. The maximum absolute atomic E-state index is 13.6. The number of halogens is 1. The van der Waals surface area contributed by atoms with E-state index in [2.05, 4.69) is 10.1 Å². The van der Waals surface area contributed by atoms with Crippen molar-refractivity contribution in [2.45, 2.75) is 25.9 Å². The van der Waals surface area contributed by atoms with E-state index >= 15 is 0 Å². The lowest BCUT2D eigenvalue weighted by molar-refractivity contribution is 0.0385. The van der Waals surface area contributed by atoms with E-state index in [1.807, 2.05) is 13.0 Å². The van der Waals surface area contributed by atoms with Crippen LogP contribution in [0.15, 0.2) is 22.7 Å². The minimum Gasteiger partial charge on any atom is -0.370 e. The van der Waals surface area contributed by atoms with Crippen LogP contribution in [0.5, 0.6) is 0 Å². The van der Waals surface area contributed by atoms with E-state index < -0.39 is 5.82 Å². The van der Waals surface area contributed by atoms with E-state index in [4.69, 9.17) is 14.5 Å². The van der Waals surface area contributed by atoms with Gasteiger partial charge in [0.05, 0.1) is 5.56 Å². The average Bonchev–Trinajstić information content (AvgIpc) is 3.21. The van der Waals surface area contributed by atoms with Gasteiger partial charge in [0, 0.05) is 6.61 Å². The van der Waals surface area contributed by atoms with Gasteiger partial charge < -0.3 is 9.26 Å². The summed E-state index contributed by atoms with van der Waals surface area (Å²) in [6.07, 6.45) is 1.97. The van der Waals surface area contributed by atoms with E-state index in [0.29, 0.717) is 23.9 Å². The molecule has 108 valence electrons. The van der Waals surface area contributed by atoms with Crippen molar-refractivity contribution in [1.82, 2.24) is 10.1 Å². The molecule has 5 nitrogen and oxygen atoms in total. The number of ether oxygens (including phenoxy) is 1. The Morgan fingerprint density at radius 3 is 3.00 bits per heavy atom. The predicted molar refractivity (Wildman–Crippen MR) is 71.5 cm³/mol. The third-order valence-corrected chi connectivity index (χ3v) is 3.45. The van der Waals surface area contributed by atoms with Crippen LogP contribution in [0.25, 0.3) is 11.5 Å². The van der Waals surface area contributed by atoms with Gasteiger partial charge in [-0.15, -0.1) is 0 Å². The molecule has 1 aromatic carbocycles. The molecule has 1 unspecified atom stereocenters. The Hall–Kier alpha value is -2.26. The van der Waals surface area contributed by atoms with Gasteiger partial charge in [-0.2, -0.15) is 10.2 Å². The second-order valence-electron chi connectivity index (χ2n) is 4.95. The number of rotatable bonds is 5. The van der Waals surface area contributed by atoms with Crippen LogP contribution in [0, 0.1) is 23.1 Å². The van der Waals surface area contributed by atoms with Crippen molar-refractivity contribution in [3.8, 4) is 17.5 Å². The van der Waals surface area contributed by atoms with Crippen LogP contribution in [-0.4, -0.2) is 16.7 Å². The molecule has 1 saturated carbocycles. The van der Waals surface area contributed by atoms with E-state index in [9.17, 15) is 4.39 Å². The van der Waals surface area contributed by atoms with Crippen molar-refractivity contribution in [2.75, 3.05) is 6.61 Å². The van der Waals surface area contributed by atoms with Crippen LogP contribution < -0.4 is 0 Å². The van der Waals surface area contributed by atoms with E-state index in [0.717, 1.165) is 12.8 Å². The zero-order chi connectivity index (χ0) is 14.8. The quantitative estimate of drug-likeness (QED) is 0.844. The molecule has 0 spiro atoms. The normalized spacial score (nSPS) is 15.7. The van der Waals surface area contributed by atoms with Crippen molar-refractivity contribution >= 4 is 0 Å². The number of nitriles is 1. The smallest absolute Gasteiger partial charge is 0.259 e. The topological polar surface area (TPSA) is 71.9 Å². The lowest BCUT2D eigenvalue weighted by atomic mass is 10.1. The Kier molecular flexibility index (Phi) is 3.67. The monoisotopic (exact) mass is 287 g/mol. The minimum atomic E-state index is -0.599. The first-order chi connectivity index (χ1) is 10.2. The highest BCUT2D eigenvalue weighted by Gasteiger charge is 2.36. The number of benzene rings is 1. The second kappa shape index (κ2) is 5.62. The summed E-state index contributed by atoms with van der Waals surface area (Å²) in [6, 6.07) is 6.15. The first-order valence-corrected chi connectivity index (χ1v) is 6.88. The van der Waals surface area contributed by atoms with Crippen molar-refractivity contribution in [3.05, 3.63) is 35.4 Å². The molecule has 21 heavy (non-hydrogen) atoms. The molecule has 6 heteroatoms. The average molecular weight is 287 g/mol. The molecule has 1 aliphatic carbocycles. The molecular weight excluding hydrogens is 273 g/mol. The molecule has 0 bridgehead atoms. The zero-order valence-electron chi connectivity index (χ0n) is 11.5. The summed E-state index contributed by atoms with van der Waals surface area (Å²) in [7, 11) is 0. The van der Waals surface area contributed by atoms with E-state index in [1.165, 1.54) is 12.1 Å². The molecule has 1 aliphatic rings. The van der Waals surface area contributed by atoms with E-state index in [1.54, 1.807) is 6.07 Å². The maximum Gasteiger partial charge on any atom is 0.259 e. The summed E-state index contributed by atoms with van der Waals surface area (Å²) < 4.78 is 24.5. The van der Waals surface area contributed by atoms with Gasteiger partial charge in [0.25, 0.3) is 5.89 Å². The summed E-state index contributed by atoms with van der Waals surface area (Å²) in [6.45, 7) is 2.48. The fourth-order valence-electron chi connectivity index (χ4n) is 2.28. The molecule has 0 amide bonds. The number of hydrogen-bond acceptors (Lipinski definition) is 5. The van der Waals surface area contributed by atoms with Crippen LogP contribution in [-0.2, 0) is 4.74 Å². The Bertz CT molecular complexity index is 688. The van der Waals surface area contributed by atoms with Crippen LogP contribution in [0.2, 0.25) is 0 Å². The summed E-state index contributed by atoms with van der Waals surface area (Å²) in [5.74, 6) is 0.422. The Morgan fingerprint density at radius 2 is 2.33 bits per heavy atom. The highest BCUT2D eigenvalue weighted by molar-refractivity contribution is 5.63. The van der Waals surface area contributed by atoms with Gasteiger partial charge in [-0.25, -0.2) is 4.39 Å². The van der Waals surface area contributed by atoms with Gasteiger partial charge in [-0.1, -0.05) is 11.2 Å². The standard InChI is InChI=1S/C15H14FN3O2/c1-2-20-13(9-6-7-9)14-18-15(21-19-14)10-4-3-5-12(16)11(10)8-17/h3-5,9,13H,2,6-7H2,1H3. The Labute approximate surface area is 121 Å². The van der Waals surface area contributed by atoms with Gasteiger partial charge in [-0.3, -0.25) is 0 Å². The molecule has 0 radical (unpaired) electrons. The van der Waals surface area contributed by atoms with Crippen LogP contribution in [0.3, 0.4) is 0 Å². The lowest BCUT2D eigenvalue weighted by Gasteiger charge is -2.11. The SMILES string of the molecule is CCOC(c1noc(-c2cccc(F)c2C#N)n1)C1CC1. The highest BCUT2D eigenvalue weighted by Crippen LogP contribution is 2.42. The molecule has 1 aromatic heterocycles. The highest BCUT2D eigenvalue weighted by atomic mass is 19.1. The number of nitrogens with zero attached hydrogens (tertiary/aromatic N) is 3. The second-order valence-corrected chi connectivity index (χ2v) is 4.95. The summed E-state index contributed by atoms with van der Waals surface area (Å²) in [5.41, 5.74) is 0.217. The number of aromatic nitrogens is 2. The summed E-state index contributed by atoms with van der Waals surface area (Å²) in [5, 5.41) is 13.0. The molecule has 2 aromatic rings. The van der Waals surface area contributed by atoms with Gasteiger partial charge in [0.1, 0.15) is 23.6 Å². The van der Waals surface area contributed by atoms with Gasteiger partial charge in [-0.05, 0) is 37.8 Å². The minimum absolute atomic E-state index is 0.0907. The van der Waals surface area contributed by atoms with E-state index in [-0.39, 0.29) is 17.6 Å². The third kappa shape index (κ3) is 2.65. The molecule has 0 saturated heterocycles. The van der Waals surface area contributed by atoms with Gasteiger partial charge in [0.15, 0.2) is 0 Å². The first kappa shape index (κ1) is 13.7. The van der Waals surface area contributed by atoms with Gasteiger partial charge in [0.2, 0.25) is 5.82 Å². The number of hydrogen-bond donors (Lipinski definition) is 0. The fraction of sp³-hybridized carbons (Fsp3) is 0.400.